The molecule has 0 aliphatic rings. The SMILES string of the molecule is CCCCOC(=O)/C(=C/c1ccccc1N=[N+]=[N-])CC#N. The number of unbranched alkanes of at least 4 members (excludes halogenated alkanes) is 1. The summed E-state index contributed by atoms with van der Waals surface area (Å²) in [5, 5.41) is 12.4. The van der Waals surface area contributed by atoms with Crippen LogP contribution in [0, 0.1) is 11.3 Å². The van der Waals surface area contributed by atoms with Crippen molar-refractivity contribution < 1.29 is 9.53 Å². The fraction of sp³-hybridized carbons (Fsp3) is 0.333. The van der Waals surface area contributed by atoms with Gasteiger partial charge in [0, 0.05) is 10.6 Å². The van der Waals surface area contributed by atoms with Gasteiger partial charge in [0.05, 0.1) is 24.7 Å². The van der Waals surface area contributed by atoms with Crippen molar-refractivity contribution in [3.8, 4) is 6.07 Å². The molecule has 0 aromatic heterocycles. The van der Waals surface area contributed by atoms with Crippen molar-refractivity contribution in [3.63, 3.8) is 0 Å². The fourth-order valence-corrected chi connectivity index (χ4v) is 1.61. The quantitative estimate of drug-likeness (QED) is 0.187. The van der Waals surface area contributed by atoms with Crippen molar-refractivity contribution in [2.24, 2.45) is 5.11 Å². The van der Waals surface area contributed by atoms with Gasteiger partial charge in [-0.2, -0.15) is 5.26 Å². The number of rotatable bonds is 7. The monoisotopic (exact) mass is 284 g/mol. The van der Waals surface area contributed by atoms with Gasteiger partial charge >= 0.3 is 5.97 Å². The zero-order chi connectivity index (χ0) is 15.5. The van der Waals surface area contributed by atoms with Crippen LogP contribution in [0.5, 0.6) is 0 Å². The summed E-state index contributed by atoms with van der Waals surface area (Å²) in [6.07, 6.45) is 3.17. The Labute approximate surface area is 123 Å². The highest BCUT2D eigenvalue weighted by molar-refractivity contribution is 5.95. The molecule has 0 amide bonds. The molecule has 6 heteroatoms. The summed E-state index contributed by atoms with van der Waals surface area (Å²) in [6, 6.07) is 8.77. The molecular weight excluding hydrogens is 268 g/mol. The van der Waals surface area contributed by atoms with Gasteiger partial charge in [-0.3, -0.25) is 0 Å². The van der Waals surface area contributed by atoms with Crippen LogP contribution in [0.4, 0.5) is 5.69 Å². The molecule has 1 rings (SSSR count). The minimum Gasteiger partial charge on any atom is -0.462 e. The molecule has 0 unspecified atom stereocenters. The Morgan fingerprint density at radius 2 is 2.29 bits per heavy atom. The van der Waals surface area contributed by atoms with Crippen molar-refractivity contribution in [1.82, 2.24) is 0 Å². The van der Waals surface area contributed by atoms with Crippen LogP contribution in [-0.4, -0.2) is 12.6 Å². The molecule has 6 nitrogen and oxygen atoms in total. The first-order valence-electron chi connectivity index (χ1n) is 6.61. The lowest BCUT2D eigenvalue weighted by atomic mass is 10.1. The number of nitriles is 1. The predicted octanol–water partition coefficient (Wildman–Crippen LogP) is 4.27. The maximum absolute atomic E-state index is 11.9. The van der Waals surface area contributed by atoms with Crippen molar-refractivity contribution in [2.75, 3.05) is 6.61 Å². The smallest absolute Gasteiger partial charge is 0.335 e. The molecule has 0 fully saturated rings. The van der Waals surface area contributed by atoms with E-state index in [1.807, 2.05) is 13.0 Å². The first-order valence-corrected chi connectivity index (χ1v) is 6.61. The van der Waals surface area contributed by atoms with Gasteiger partial charge in [0.2, 0.25) is 0 Å². The summed E-state index contributed by atoms with van der Waals surface area (Å²) in [5.41, 5.74) is 9.75. The summed E-state index contributed by atoms with van der Waals surface area (Å²) in [7, 11) is 0. The maximum Gasteiger partial charge on any atom is 0.335 e. The molecule has 0 bridgehead atoms. The Kier molecular flexibility index (Phi) is 7.12. The van der Waals surface area contributed by atoms with Gasteiger partial charge < -0.3 is 4.74 Å². The molecule has 1 aromatic carbocycles. The summed E-state index contributed by atoms with van der Waals surface area (Å²) < 4.78 is 5.11. The lowest BCUT2D eigenvalue weighted by molar-refractivity contribution is -0.139. The molecular formula is C15H16N4O2. The largest absolute Gasteiger partial charge is 0.462 e. The van der Waals surface area contributed by atoms with Crippen molar-refractivity contribution in [1.29, 1.82) is 5.26 Å². The van der Waals surface area contributed by atoms with E-state index in [4.69, 9.17) is 15.5 Å². The van der Waals surface area contributed by atoms with Gasteiger partial charge in [0.25, 0.3) is 0 Å². The van der Waals surface area contributed by atoms with Crippen molar-refractivity contribution >= 4 is 17.7 Å². The number of nitrogens with zero attached hydrogens (tertiary/aromatic N) is 4. The minimum absolute atomic E-state index is 0.0600. The van der Waals surface area contributed by atoms with Crippen LogP contribution in [0.15, 0.2) is 35.0 Å². The first-order chi connectivity index (χ1) is 10.2. The van der Waals surface area contributed by atoms with Gasteiger partial charge in [-0.15, -0.1) is 0 Å². The molecule has 0 N–H and O–H groups in total. The van der Waals surface area contributed by atoms with Crippen LogP contribution in [0.2, 0.25) is 0 Å². The number of esters is 1. The molecule has 0 aliphatic carbocycles. The Balaban J connectivity index is 3.02. The fourth-order valence-electron chi connectivity index (χ4n) is 1.61. The van der Waals surface area contributed by atoms with Gasteiger partial charge in [-0.1, -0.05) is 42.7 Å². The van der Waals surface area contributed by atoms with Gasteiger partial charge in [-0.05, 0) is 23.6 Å². The van der Waals surface area contributed by atoms with E-state index in [0.29, 0.717) is 17.9 Å². The normalized spacial score (nSPS) is 10.4. The third kappa shape index (κ3) is 5.39. The number of azide groups is 1. The van der Waals surface area contributed by atoms with Gasteiger partial charge in [0.1, 0.15) is 0 Å². The lowest BCUT2D eigenvalue weighted by Gasteiger charge is -2.06. The van der Waals surface area contributed by atoms with E-state index in [1.165, 1.54) is 6.08 Å². The Hall–Kier alpha value is -2.77. The first kappa shape index (κ1) is 16.3. The summed E-state index contributed by atoms with van der Waals surface area (Å²) >= 11 is 0. The second-order valence-electron chi connectivity index (χ2n) is 4.24. The molecule has 21 heavy (non-hydrogen) atoms. The second kappa shape index (κ2) is 9.18. The number of carbonyl (C=O) groups is 1. The molecule has 0 radical (unpaired) electrons. The zero-order valence-corrected chi connectivity index (χ0v) is 11.8. The number of hydrogen-bond donors (Lipinski definition) is 0. The lowest BCUT2D eigenvalue weighted by Crippen LogP contribution is -2.08. The molecule has 108 valence electrons. The van der Waals surface area contributed by atoms with Gasteiger partial charge in [-0.25, -0.2) is 4.79 Å². The summed E-state index contributed by atoms with van der Waals surface area (Å²) in [5.74, 6) is -0.513. The molecule has 0 aliphatic heterocycles. The molecule has 0 spiro atoms. The molecule has 0 atom stereocenters. The molecule has 0 saturated heterocycles. The zero-order valence-electron chi connectivity index (χ0n) is 11.8. The van der Waals surface area contributed by atoms with Crippen LogP contribution in [0.3, 0.4) is 0 Å². The highest BCUT2D eigenvalue weighted by atomic mass is 16.5. The minimum atomic E-state index is -0.513. The van der Waals surface area contributed by atoms with E-state index in [1.54, 1.807) is 24.3 Å². The van der Waals surface area contributed by atoms with Crippen LogP contribution in [0.25, 0.3) is 16.5 Å². The van der Waals surface area contributed by atoms with Crippen LogP contribution < -0.4 is 0 Å². The van der Waals surface area contributed by atoms with E-state index >= 15 is 0 Å². The standard InChI is InChI=1S/C15H16N4O2/c1-2-3-10-21-15(20)13(8-9-16)11-12-6-4-5-7-14(12)18-19-17/h4-7,11H,2-3,8,10H2,1H3/b13-11+. The predicted molar refractivity (Wildman–Crippen MR) is 79.3 cm³/mol. The van der Waals surface area contributed by atoms with E-state index in [0.717, 1.165) is 12.8 Å². The average molecular weight is 284 g/mol. The van der Waals surface area contributed by atoms with Crippen molar-refractivity contribution in [2.45, 2.75) is 26.2 Å². The highest BCUT2D eigenvalue weighted by Gasteiger charge is 2.11. The summed E-state index contributed by atoms with van der Waals surface area (Å²) in [6.45, 7) is 2.33. The van der Waals surface area contributed by atoms with E-state index in [-0.39, 0.29) is 12.0 Å². The third-order valence-electron chi connectivity index (χ3n) is 2.68. The Morgan fingerprint density at radius 1 is 1.52 bits per heavy atom. The number of carbonyl (C=O) groups excluding carboxylic acids is 1. The number of benzene rings is 1. The van der Waals surface area contributed by atoms with E-state index < -0.39 is 5.97 Å². The highest BCUT2D eigenvalue weighted by Crippen LogP contribution is 2.23. The van der Waals surface area contributed by atoms with Crippen LogP contribution in [0.1, 0.15) is 31.7 Å². The Morgan fingerprint density at radius 3 is 2.95 bits per heavy atom. The molecule has 0 saturated carbocycles. The van der Waals surface area contributed by atoms with E-state index in [9.17, 15) is 4.79 Å². The number of hydrogen-bond acceptors (Lipinski definition) is 4. The number of ether oxygens (including phenoxy) is 1. The van der Waals surface area contributed by atoms with Crippen molar-refractivity contribution in [3.05, 3.63) is 45.8 Å². The summed E-state index contributed by atoms with van der Waals surface area (Å²) in [4.78, 5) is 14.7. The third-order valence-corrected chi connectivity index (χ3v) is 2.68. The van der Waals surface area contributed by atoms with Crippen LogP contribution >= 0.6 is 0 Å². The Bertz CT molecular complexity index is 610. The van der Waals surface area contributed by atoms with Crippen LogP contribution in [-0.2, 0) is 9.53 Å². The molecule has 1 aromatic rings. The maximum atomic E-state index is 11.9. The second-order valence-corrected chi connectivity index (χ2v) is 4.24. The van der Waals surface area contributed by atoms with E-state index in [2.05, 4.69) is 10.0 Å². The average Bonchev–Trinajstić information content (AvgIpc) is 2.49. The van der Waals surface area contributed by atoms with Gasteiger partial charge in [0.15, 0.2) is 0 Å². The molecule has 0 heterocycles. The topological polar surface area (TPSA) is 98.8 Å².